The van der Waals surface area contributed by atoms with Crippen molar-refractivity contribution in [2.45, 2.75) is 0 Å². The fourth-order valence-corrected chi connectivity index (χ4v) is 7.87. The Balaban J connectivity index is 1.14. The van der Waals surface area contributed by atoms with E-state index < -0.39 is 0 Å². The Bertz CT molecular complexity index is 2790. The minimum atomic E-state index is 0.949. The first-order valence-electron chi connectivity index (χ1n) is 17.7. The van der Waals surface area contributed by atoms with Crippen LogP contribution in [0.3, 0.4) is 0 Å². The van der Waals surface area contributed by atoms with Crippen molar-refractivity contribution in [1.82, 2.24) is 4.98 Å². The molecule has 0 bridgehead atoms. The summed E-state index contributed by atoms with van der Waals surface area (Å²) in [6.45, 7) is 0. The summed E-state index contributed by atoms with van der Waals surface area (Å²) in [7, 11) is 0. The van der Waals surface area contributed by atoms with E-state index >= 15 is 0 Å². The molecule has 52 heavy (non-hydrogen) atoms. The molecule has 0 saturated carbocycles. The molecule has 0 saturated heterocycles. The van der Waals surface area contributed by atoms with E-state index in [9.17, 15) is 0 Å². The number of hydrogen-bond donors (Lipinski definition) is 0. The van der Waals surface area contributed by atoms with Crippen molar-refractivity contribution < 1.29 is 0 Å². The molecular formula is C49H33N3. The molecule has 10 rings (SSSR count). The van der Waals surface area contributed by atoms with Crippen molar-refractivity contribution in [3.8, 4) is 11.3 Å². The molecule has 0 radical (unpaired) electrons. The smallest absolute Gasteiger partial charge is 0.0709 e. The van der Waals surface area contributed by atoms with Gasteiger partial charge >= 0.3 is 0 Å². The van der Waals surface area contributed by atoms with E-state index in [4.69, 9.17) is 4.98 Å². The van der Waals surface area contributed by atoms with Crippen LogP contribution in [0.2, 0.25) is 0 Å². The maximum Gasteiger partial charge on any atom is 0.0709 e. The lowest BCUT2D eigenvalue weighted by atomic mass is 9.90. The minimum absolute atomic E-state index is 0.949. The van der Waals surface area contributed by atoms with E-state index in [2.05, 4.69) is 192 Å². The highest BCUT2D eigenvalue weighted by molar-refractivity contribution is 6.28. The van der Waals surface area contributed by atoms with Crippen LogP contribution in [0.25, 0.3) is 54.3 Å². The standard InChI is InChI=1S/C49H33N3/c1-4-15-37(16-5-1)51(38-17-6-2-7-18-38)40-27-31-45(50-33-40)42-28-23-35-25-30-44-47(32-26-36-24-29-43(42)48(35)49(36)44)52(39-19-8-3-9-20-39)46-22-12-14-34-13-10-11-21-41(34)46/h1-33H. The first-order chi connectivity index (χ1) is 25.8. The van der Waals surface area contributed by atoms with Gasteiger partial charge in [0.2, 0.25) is 0 Å². The van der Waals surface area contributed by atoms with Gasteiger partial charge in [0.25, 0.3) is 0 Å². The van der Waals surface area contributed by atoms with Crippen LogP contribution in [0.15, 0.2) is 200 Å². The van der Waals surface area contributed by atoms with Gasteiger partial charge in [0, 0.05) is 33.4 Å². The maximum absolute atomic E-state index is 5.11. The van der Waals surface area contributed by atoms with Crippen molar-refractivity contribution in [1.29, 1.82) is 0 Å². The second kappa shape index (κ2) is 12.4. The summed E-state index contributed by atoms with van der Waals surface area (Å²) in [5.74, 6) is 0. The monoisotopic (exact) mass is 663 g/mol. The van der Waals surface area contributed by atoms with Crippen LogP contribution in [-0.2, 0) is 0 Å². The third-order valence-electron chi connectivity index (χ3n) is 10.2. The third kappa shape index (κ3) is 4.94. The van der Waals surface area contributed by atoms with Gasteiger partial charge in [-0.15, -0.1) is 0 Å². The largest absolute Gasteiger partial charge is 0.309 e. The molecule has 10 aromatic rings. The van der Waals surface area contributed by atoms with Crippen LogP contribution in [-0.4, -0.2) is 4.98 Å². The zero-order valence-electron chi connectivity index (χ0n) is 28.4. The lowest BCUT2D eigenvalue weighted by molar-refractivity contribution is 1.23. The highest BCUT2D eigenvalue weighted by Gasteiger charge is 2.21. The summed E-state index contributed by atoms with van der Waals surface area (Å²) in [4.78, 5) is 9.77. The highest BCUT2D eigenvalue weighted by Crippen LogP contribution is 2.46. The van der Waals surface area contributed by atoms with Crippen LogP contribution in [0, 0.1) is 0 Å². The summed E-state index contributed by atoms with van der Waals surface area (Å²) in [5, 5.41) is 9.84. The van der Waals surface area contributed by atoms with Crippen molar-refractivity contribution in [3.63, 3.8) is 0 Å². The Hall–Kier alpha value is -6.97. The summed E-state index contributed by atoms with van der Waals surface area (Å²) >= 11 is 0. The Kier molecular flexibility index (Phi) is 7.14. The molecule has 3 nitrogen and oxygen atoms in total. The summed E-state index contributed by atoms with van der Waals surface area (Å²) in [6, 6.07) is 69.4. The first kappa shape index (κ1) is 29.9. The predicted molar refractivity (Wildman–Crippen MR) is 220 cm³/mol. The van der Waals surface area contributed by atoms with Gasteiger partial charge in [-0.05, 0) is 93.0 Å². The van der Waals surface area contributed by atoms with Gasteiger partial charge < -0.3 is 9.80 Å². The molecular weight excluding hydrogens is 631 g/mol. The van der Waals surface area contributed by atoms with Gasteiger partial charge in [0.05, 0.1) is 29.0 Å². The SMILES string of the molecule is c1ccc(N(c2ccccc2)c2ccc(-c3ccc4ccc5c(N(c6ccccc6)c6cccc7ccccc67)ccc6ccc3c4c65)nc2)cc1. The second-order valence-corrected chi connectivity index (χ2v) is 13.2. The Labute approximate surface area is 302 Å². The molecule has 0 spiro atoms. The van der Waals surface area contributed by atoms with Crippen LogP contribution in [0.4, 0.5) is 34.1 Å². The molecule has 0 N–H and O–H groups in total. The number of hydrogen-bond acceptors (Lipinski definition) is 3. The number of benzene rings is 9. The number of para-hydroxylation sites is 3. The van der Waals surface area contributed by atoms with E-state index in [0.717, 1.165) is 45.4 Å². The fraction of sp³-hybridized carbons (Fsp3) is 0. The summed E-state index contributed by atoms with van der Waals surface area (Å²) in [5.41, 5.74) is 8.70. The zero-order chi connectivity index (χ0) is 34.4. The third-order valence-corrected chi connectivity index (χ3v) is 10.2. The van der Waals surface area contributed by atoms with Gasteiger partial charge in [-0.25, -0.2) is 0 Å². The van der Waals surface area contributed by atoms with Crippen LogP contribution < -0.4 is 9.80 Å². The average Bonchev–Trinajstić information content (AvgIpc) is 3.22. The molecule has 0 atom stereocenters. The van der Waals surface area contributed by atoms with Crippen molar-refractivity contribution >= 4 is 77.2 Å². The van der Waals surface area contributed by atoms with Gasteiger partial charge in [0.1, 0.15) is 0 Å². The molecule has 1 heterocycles. The van der Waals surface area contributed by atoms with Crippen LogP contribution in [0.1, 0.15) is 0 Å². The molecule has 1 aromatic heterocycles. The van der Waals surface area contributed by atoms with Crippen molar-refractivity contribution in [2.75, 3.05) is 9.80 Å². The van der Waals surface area contributed by atoms with E-state index in [1.807, 2.05) is 18.3 Å². The van der Waals surface area contributed by atoms with Crippen LogP contribution in [0.5, 0.6) is 0 Å². The Morgan fingerprint density at radius 3 is 1.52 bits per heavy atom. The summed E-state index contributed by atoms with van der Waals surface area (Å²) < 4.78 is 0. The van der Waals surface area contributed by atoms with E-state index in [0.29, 0.717) is 0 Å². The molecule has 0 aliphatic carbocycles. The van der Waals surface area contributed by atoms with Gasteiger partial charge in [-0.3, -0.25) is 4.98 Å². The Morgan fingerprint density at radius 2 is 0.846 bits per heavy atom. The second-order valence-electron chi connectivity index (χ2n) is 13.2. The van der Waals surface area contributed by atoms with Crippen molar-refractivity contribution in [2.24, 2.45) is 0 Å². The first-order valence-corrected chi connectivity index (χ1v) is 17.7. The average molecular weight is 664 g/mol. The number of nitrogens with zero attached hydrogens (tertiary/aromatic N) is 3. The van der Waals surface area contributed by atoms with Crippen LogP contribution >= 0.6 is 0 Å². The number of fused-ring (bicyclic) bond motifs is 1. The maximum atomic E-state index is 5.11. The lowest BCUT2D eigenvalue weighted by Gasteiger charge is -2.29. The molecule has 0 unspecified atom stereocenters. The van der Waals surface area contributed by atoms with Gasteiger partial charge in [0.15, 0.2) is 0 Å². The topological polar surface area (TPSA) is 19.4 Å². The molecule has 3 heteroatoms. The zero-order valence-corrected chi connectivity index (χ0v) is 28.4. The van der Waals surface area contributed by atoms with E-state index in [1.54, 1.807) is 0 Å². The molecule has 0 fully saturated rings. The number of anilines is 6. The predicted octanol–water partition coefficient (Wildman–Crippen LogP) is 13.7. The number of aromatic nitrogens is 1. The lowest BCUT2D eigenvalue weighted by Crippen LogP contribution is -2.11. The van der Waals surface area contributed by atoms with Gasteiger partial charge in [-0.2, -0.15) is 0 Å². The molecule has 9 aromatic carbocycles. The van der Waals surface area contributed by atoms with Gasteiger partial charge in [-0.1, -0.05) is 133 Å². The van der Waals surface area contributed by atoms with Crippen molar-refractivity contribution in [3.05, 3.63) is 200 Å². The van der Waals surface area contributed by atoms with E-state index in [-0.39, 0.29) is 0 Å². The molecule has 0 aliphatic rings. The van der Waals surface area contributed by atoms with E-state index in [1.165, 1.54) is 43.1 Å². The normalized spacial score (nSPS) is 11.5. The fourth-order valence-electron chi connectivity index (χ4n) is 7.87. The summed E-state index contributed by atoms with van der Waals surface area (Å²) in [6.07, 6.45) is 1.99. The molecule has 0 aliphatic heterocycles. The Morgan fingerprint density at radius 1 is 0.308 bits per heavy atom. The molecule has 0 amide bonds. The number of pyridine rings is 1. The highest BCUT2D eigenvalue weighted by atomic mass is 15.2. The number of rotatable bonds is 7. The minimum Gasteiger partial charge on any atom is -0.309 e. The molecule has 244 valence electrons. The quantitative estimate of drug-likeness (QED) is 0.158.